The van der Waals surface area contributed by atoms with Crippen LogP contribution in [0, 0.1) is 11.8 Å². The van der Waals surface area contributed by atoms with Gasteiger partial charge in [0.2, 0.25) is 0 Å². The molecule has 0 aromatic carbocycles. The number of hydrogen-bond donors (Lipinski definition) is 4. The number of aliphatic hydroxyl groups excluding tert-OH is 2. The van der Waals surface area contributed by atoms with Crippen molar-refractivity contribution in [3.63, 3.8) is 0 Å². The summed E-state index contributed by atoms with van der Waals surface area (Å²) >= 11 is 0. The minimum atomic E-state index is -2.14. The highest BCUT2D eigenvalue weighted by molar-refractivity contribution is 6.20. The third kappa shape index (κ3) is 2.80. The van der Waals surface area contributed by atoms with Crippen molar-refractivity contribution in [1.29, 1.82) is 0 Å². The van der Waals surface area contributed by atoms with Gasteiger partial charge in [0, 0.05) is 12.3 Å². The molecule has 0 heterocycles. The van der Waals surface area contributed by atoms with E-state index < -0.39 is 40.3 Å². The number of amides is 1. The van der Waals surface area contributed by atoms with Crippen LogP contribution in [0.4, 0.5) is 0 Å². The van der Waals surface area contributed by atoms with Gasteiger partial charge in [-0.15, -0.1) is 0 Å². The molecule has 2 aliphatic carbocycles. The zero-order valence-corrected chi connectivity index (χ0v) is 14.0. The summed E-state index contributed by atoms with van der Waals surface area (Å²) in [4.78, 5) is 23.4. The molecule has 132 valence electrons. The van der Waals surface area contributed by atoms with Crippen LogP contribution in [0.25, 0.3) is 0 Å². The first-order valence-electron chi connectivity index (χ1n) is 7.73. The van der Waals surface area contributed by atoms with Crippen molar-refractivity contribution in [3.05, 3.63) is 34.5 Å². The third-order valence-corrected chi connectivity index (χ3v) is 4.99. The number of allylic oxidation sites excluding steroid dienone is 3. The quantitative estimate of drug-likeness (QED) is 0.453. The highest BCUT2D eigenvalue weighted by Gasteiger charge is 2.54. The molecule has 0 bridgehead atoms. The largest absolute Gasteiger partial charge is 0.509 e. The fraction of sp³-hybridized carbons (Fsp3) is 0.529. The minimum Gasteiger partial charge on any atom is -0.509 e. The van der Waals surface area contributed by atoms with Crippen LogP contribution >= 0.6 is 0 Å². The Labute approximate surface area is 140 Å². The Balaban J connectivity index is 2.41. The van der Waals surface area contributed by atoms with Gasteiger partial charge < -0.3 is 25.8 Å². The summed E-state index contributed by atoms with van der Waals surface area (Å²) in [6, 6.07) is 0. The Kier molecular flexibility index (Phi) is 4.75. The maximum Gasteiger partial charge on any atom is 0.255 e. The predicted molar refractivity (Wildman–Crippen MR) is 85.7 cm³/mol. The number of Topliss-reactive ketones (excluding diaryl/α,β-unsaturated/α-hetero) is 1. The van der Waals surface area contributed by atoms with Crippen molar-refractivity contribution < 1.29 is 29.6 Å². The molecule has 0 aromatic rings. The van der Waals surface area contributed by atoms with Crippen LogP contribution in [-0.4, -0.2) is 39.7 Å². The third-order valence-electron chi connectivity index (χ3n) is 4.99. The maximum atomic E-state index is 12.1. The molecule has 2 rings (SSSR count). The van der Waals surface area contributed by atoms with Crippen molar-refractivity contribution >= 4 is 11.7 Å². The first-order valence-corrected chi connectivity index (χ1v) is 7.73. The standard InChI is InChI=1S/C17H23NO6/c1-8(9(2)24-3)4-10-5-11-7-12(19)14(16(18)22)15(21)17(11,23)13(20)6-10/h6,10-11,20-21,23H,4-5,7H2,1-3H3,(H2,18,22)/b9-8-/t10-,11-,17-/m0/s1. The van der Waals surface area contributed by atoms with Gasteiger partial charge in [0.25, 0.3) is 5.91 Å². The van der Waals surface area contributed by atoms with E-state index in [9.17, 15) is 24.9 Å². The summed E-state index contributed by atoms with van der Waals surface area (Å²) in [6.07, 6.45) is 2.24. The molecule has 0 unspecified atom stereocenters. The number of aliphatic hydroxyl groups is 3. The highest BCUT2D eigenvalue weighted by Crippen LogP contribution is 2.47. The molecule has 0 saturated heterocycles. The van der Waals surface area contributed by atoms with Gasteiger partial charge in [-0.3, -0.25) is 9.59 Å². The van der Waals surface area contributed by atoms with Crippen molar-refractivity contribution in [1.82, 2.24) is 0 Å². The van der Waals surface area contributed by atoms with Gasteiger partial charge in [-0.1, -0.05) is 0 Å². The molecule has 7 nitrogen and oxygen atoms in total. The Hall–Kier alpha value is -2.28. The summed E-state index contributed by atoms with van der Waals surface area (Å²) in [6.45, 7) is 3.73. The summed E-state index contributed by atoms with van der Waals surface area (Å²) in [5, 5.41) is 31.3. The number of ether oxygens (including phenoxy) is 1. The number of primary amides is 1. The SMILES string of the molecule is CO/C(C)=C(/C)C[C@@H]1C=C(O)[C@]2(O)C(O)=C(C(N)=O)C(=O)C[C@@H]2C1. The number of carbonyl (C=O) groups is 2. The van der Waals surface area contributed by atoms with E-state index in [-0.39, 0.29) is 12.3 Å². The average molecular weight is 337 g/mol. The summed E-state index contributed by atoms with van der Waals surface area (Å²) in [5.74, 6) is -3.14. The molecule has 5 N–H and O–H groups in total. The average Bonchev–Trinajstić information content (AvgIpc) is 2.49. The lowest BCUT2D eigenvalue weighted by Gasteiger charge is -2.43. The van der Waals surface area contributed by atoms with E-state index in [1.807, 2.05) is 13.8 Å². The van der Waals surface area contributed by atoms with Crippen LogP contribution in [0.1, 0.15) is 33.1 Å². The second-order valence-electron chi connectivity index (χ2n) is 6.47. The molecule has 0 fully saturated rings. The Morgan fingerprint density at radius 2 is 2.04 bits per heavy atom. The summed E-state index contributed by atoms with van der Waals surface area (Å²) < 4.78 is 5.18. The van der Waals surface area contributed by atoms with Crippen LogP contribution < -0.4 is 5.73 Å². The number of methoxy groups -OCH3 is 1. The van der Waals surface area contributed by atoms with E-state index in [0.29, 0.717) is 12.8 Å². The van der Waals surface area contributed by atoms with Crippen molar-refractivity contribution in [3.8, 4) is 0 Å². The lowest BCUT2D eigenvalue weighted by atomic mass is 9.66. The summed E-state index contributed by atoms with van der Waals surface area (Å²) in [5.41, 5.74) is 3.31. The molecular formula is C17H23NO6. The Bertz CT molecular complexity index is 675. The van der Waals surface area contributed by atoms with Gasteiger partial charge in [0.05, 0.1) is 12.9 Å². The van der Waals surface area contributed by atoms with E-state index in [2.05, 4.69) is 0 Å². The number of hydrogen-bond acceptors (Lipinski definition) is 6. The Morgan fingerprint density at radius 1 is 1.42 bits per heavy atom. The van der Waals surface area contributed by atoms with Crippen molar-refractivity contribution in [2.75, 3.05) is 7.11 Å². The van der Waals surface area contributed by atoms with Crippen LogP contribution in [0.15, 0.2) is 34.5 Å². The first kappa shape index (κ1) is 18.1. The summed E-state index contributed by atoms with van der Waals surface area (Å²) in [7, 11) is 1.57. The van der Waals surface area contributed by atoms with Crippen LogP contribution in [-0.2, 0) is 14.3 Å². The Morgan fingerprint density at radius 3 is 2.58 bits per heavy atom. The lowest BCUT2D eigenvalue weighted by molar-refractivity contribution is -0.127. The maximum absolute atomic E-state index is 12.1. The number of rotatable bonds is 4. The van der Waals surface area contributed by atoms with Gasteiger partial charge in [0.15, 0.2) is 11.4 Å². The van der Waals surface area contributed by atoms with Crippen LogP contribution in [0.2, 0.25) is 0 Å². The van der Waals surface area contributed by atoms with Crippen molar-refractivity contribution in [2.24, 2.45) is 17.6 Å². The molecule has 0 aliphatic heterocycles. The highest BCUT2D eigenvalue weighted by atomic mass is 16.5. The van der Waals surface area contributed by atoms with Gasteiger partial charge in [0.1, 0.15) is 17.1 Å². The number of carbonyl (C=O) groups excluding carboxylic acids is 2. The lowest BCUT2D eigenvalue weighted by Crippen LogP contribution is -2.51. The number of nitrogens with two attached hydrogens (primary N) is 1. The minimum absolute atomic E-state index is 0.129. The fourth-order valence-electron chi connectivity index (χ4n) is 3.47. The molecular weight excluding hydrogens is 314 g/mol. The van der Waals surface area contributed by atoms with E-state index in [1.165, 1.54) is 6.08 Å². The molecule has 3 atom stereocenters. The number of ketones is 1. The first-order chi connectivity index (χ1) is 11.1. The molecule has 7 heteroatoms. The van der Waals surface area contributed by atoms with E-state index >= 15 is 0 Å². The molecule has 1 amide bonds. The normalized spacial score (nSPS) is 31.2. The number of fused-ring (bicyclic) bond motifs is 1. The zero-order valence-electron chi connectivity index (χ0n) is 14.0. The molecule has 0 aromatic heterocycles. The van der Waals surface area contributed by atoms with Crippen molar-refractivity contribution in [2.45, 2.75) is 38.7 Å². The van der Waals surface area contributed by atoms with Gasteiger partial charge in [-0.05, 0) is 44.3 Å². The van der Waals surface area contributed by atoms with Crippen LogP contribution in [0.5, 0.6) is 0 Å². The van der Waals surface area contributed by atoms with E-state index in [0.717, 1.165) is 11.3 Å². The van der Waals surface area contributed by atoms with Gasteiger partial charge in [-0.2, -0.15) is 0 Å². The zero-order chi connectivity index (χ0) is 18.2. The molecule has 24 heavy (non-hydrogen) atoms. The van der Waals surface area contributed by atoms with Crippen LogP contribution in [0.3, 0.4) is 0 Å². The predicted octanol–water partition coefficient (Wildman–Crippen LogP) is 1.40. The second kappa shape index (κ2) is 6.32. The van der Waals surface area contributed by atoms with Gasteiger partial charge in [-0.25, -0.2) is 0 Å². The molecule has 0 spiro atoms. The monoisotopic (exact) mass is 337 g/mol. The smallest absolute Gasteiger partial charge is 0.255 e. The van der Waals surface area contributed by atoms with E-state index in [4.69, 9.17) is 10.5 Å². The fourth-order valence-corrected chi connectivity index (χ4v) is 3.47. The van der Waals surface area contributed by atoms with Gasteiger partial charge >= 0.3 is 0 Å². The molecule has 0 radical (unpaired) electrons. The van der Waals surface area contributed by atoms with E-state index in [1.54, 1.807) is 7.11 Å². The second-order valence-corrected chi connectivity index (χ2v) is 6.47. The molecule has 0 saturated carbocycles. The topological polar surface area (TPSA) is 130 Å². The molecule has 2 aliphatic rings.